The Morgan fingerprint density at radius 1 is 1.21 bits per heavy atom. The zero-order valence-corrected chi connectivity index (χ0v) is 13.8. The number of rotatable bonds is 4. The van der Waals surface area contributed by atoms with Gasteiger partial charge in [-0.3, -0.25) is 4.79 Å². The summed E-state index contributed by atoms with van der Waals surface area (Å²) in [7, 11) is 0. The quantitative estimate of drug-likeness (QED) is 0.616. The minimum atomic E-state index is -4.83. The zero-order valence-electron chi connectivity index (χ0n) is 18.8. The van der Waals surface area contributed by atoms with E-state index < -0.39 is 79.3 Å². The van der Waals surface area contributed by atoms with Crippen molar-refractivity contribution in [1.29, 1.82) is 0 Å². The van der Waals surface area contributed by atoms with Crippen molar-refractivity contribution in [3.05, 3.63) is 46.8 Å². The van der Waals surface area contributed by atoms with Gasteiger partial charge in [-0.15, -0.1) is 10.2 Å². The van der Waals surface area contributed by atoms with Crippen molar-refractivity contribution in [3.63, 3.8) is 0 Å². The van der Waals surface area contributed by atoms with E-state index in [0.717, 1.165) is 0 Å². The number of aromatic nitrogens is 3. The molecule has 1 aliphatic heterocycles. The molecule has 0 radical (unpaired) electrons. The van der Waals surface area contributed by atoms with E-state index in [1.165, 1.54) is 0 Å². The van der Waals surface area contributed by atoms with Crippen molar-refractivity contribution in [2.45, 2.75) is 38.0 Å². The maximum atomic E-state index is 14.2. The second-order valence-corrected chi connectivity index (χ2v) is 5.73. The third kappa shape index (κ3) is 4.11. The molecule has 3 rings (SSSR count). The van der Waals surface area contributed by atoms with Crippen LogP contribution in [0.25, 0.3) is 0 Å². The standard InChI is InChI=1S/C16H15F6N5O/c17-10-6-12(19)11(18)4-8(10)3-9(23)5-14(28)26-1-2-27-13(7-26)24-25-15(27)16(20,21)22/h4,6,9H,1-3,5,7,23H2/t9-/m1/s1/i3D2,5D2,9D. The first-order valence-corrected chi connectivity index (χ1v) is 7.65. The van der Waals surface area contributed by atoms with Gasteiger partial charge in [-0.1, -0.05) is 0 Å². The average Bonchev–Trinajstić information content (AvgIpc) is 3.13. The molecule has 12 heteroatoms. The lowest BCUT2D eigenvalue weighted by Gasteiger charge is -2.29. The molecule has 0 saturated carbocycles. The van der Waals surface area contributed by atoms with Crippen LogP contribution in [-0.4, -0.2) is 38.1 Å². The lowest BCUT2D eigenvalue weighted by atomic mass is 10.0. The Morgan fingerprint density at radius 3 is 2.57 bits per heavy atom. The van der Waals surface area contributed by atoms with Gasteiger partial charge in [0.2, 0.25) is 11.7 Å². The number of benzene rings is 1. The number of carbonyl (C=O) groups is 1. The first-order valence-electron chi connectivity index (χ1n) is 10.2. The fraction of sp³-hybridized carbons (Fsp3) is 0.438. The molecule has 2 N–H and O–H groups in total. The summed E-state index contributed by atoms with van der Waals surface area (Å²) in [6, 6.07) is -3.56. The molecule has 1 atom stereocenters. The summed E-state index contributed by atoms with van der Waals surface area (Å²) in [6.07, 6.45) is -12.0. The predicted molar refractivity (Wildman–Crippen MR) is 83.1 cm³/mol. The number of carbonyl (C=O) groups excluding carboxylic acids is 1. The Hall–Kier alpha value is -2.63. The van der Waals surface area contributed by atoms with Gasteiger partial charge in [0.05, 0.1) is 6.54 Å². The van der Waals surface area contributed by atoms with Crippen molar-refractivity contribution in [2.24, 2.45) is 5.73 Å². The number of hydrogen-bond donors (Lipinski definition) is 1. The maximum Gasteiger partial charge on any atom is 0.451 e. The van der Waals surface area contributed by atoms with Gasteiger partial charge < -0.3 is 15.2 Å². The first-order chi connectivity index (χ1) is 14.9. The summed E-state index contributed by atoms with van der Waals surface area (Å²) < 4.78 is 121. The number of nitrogens with two attached hydrogens (primary N) is 1. The number of alkyl halides is 3. The predicted octanol–water partition coefficient (Wildman–Crippen LogP) is 2.02. The van der Waals surface area contributed by atoms with Crippen LogP contribution in [-0.2, 0) is 30.4 Å². The van der Waals surface area contributed by atoms with E-state index in [2.05, 4.69) is 10.2 Å². The van der Waals surface area contributed by atoms with Crippen molar-refractivity contribution in [3.8, 4) is 0 Å². The molecule has 152 valence electrons. The number of nitrogens with zero attached hydrogens (tertiary/aromatic N) is 4. The summed E-state index contributed by atoms with van der Waals surface area (Å²) >= 11 is 0. The summed E-state index contributed by atoms with van der Waals surface area (Å²) in [4.78, 5) is 13.5. The molecule has 6 nitrogen and oxygen atoms in total. The Kier molecular flexibility index (Phi) is 3.81. The monoisotopic (exact) mass is 412 g/mol. The van der Waals surface area contributed by atoms with Crippen molar-refractivity contribution in [2.75, 3.05) is 6.54 Å². The van der Waals surface area contributed by atoms with Crippen LogP contribution in [0.15, 0.2) is 12.1 Å². The van der Waals surface area contributed by atoms with Crippen LogP contribution >= 0.6 is 0 Å². The molecule has 1 amide bonds. The van der Waals surface area contributed by atoms with Crippen molar-refractivity contribution >= 4 is 5.91 Å². The highest BCUT2D eigenvalue weighted by molar-refractivity contribution is 5.76. The zero-order chi connectivity index (χ0) is 25.1. The molecule has 0 unspecified atom stereocenters. The van der Waals surface area contributed by atoms with Gasteiger partial charge in [0, 0.05) is 38.4 Å². The van der Waals surface area contributed by atoms with Crippen molar-refractivity contribution in [1.82, 2.24) is 19.7 Å². The van der Waals surface area contributed by atoms with Gasteiger partial charge in [-0.25, -0.2) is 13.2 Å². The fourth-order valence-corrected chi connectivity index (χ4v) is 2.53. The van der Waals surface area contributed by atoms with Gasteiger partial charge in [0.25, 0.3) is 0 Å². The van der Waals surface area contributed by atoms with Crippen LogP contribution in [0.1, 0.15) is 30.4 Å². The Bertz CT molecular complexity index is 1110. The smallest absolute Gasteiger partial charge is 0.333 e. The lowest BCUT2D eigenvalue weighted by molar-refractivity contribution is -0.148. The van der Waals surface area contributed by atoms with Crippen LogP contribution in [0, 0.1) is 17.5 Å². The molecule has 2 heterocycles. The number of halogens is 6. The van der Waals surface area contributed by atoms with E-state index in [9.17, 15) is 31.1 Å². The summed E-state index contributed by atoms with van der Waals surface area (Å²) in [6.45, 7) is -1.65. The highest BCUT2D eigenvalue weighted by Gasteiger charge is 2.39. The highest BCUT2D eigenvalue weighted by atomic mass is 19.4. The molecule has 2 aromatic rings. The molecule has 28 heavy (non-hydrogen) atoms. The molecule has 1 aromatic carbocycles. The Labute approximate surface area is 162 Å². The minimum absolute atomic E-state index is 0.0222. The molecule has 0 spiro atoms. The molecule has 0 fully saturated rings. The minimum Gasteiger partial charge on any atom is -0.333 e. The van der Waals surface area contributed by atoms with Crippen LogP contribution in [0.2, 0.25) is 0 Å². The van der Waals surface area contributed by atoms with E-state index in [0.29, 0.717) is 9.47 Å². The van der Waals surface area contributed by atoms with Crippen LogP contribution in [0.4, 0.5) is 26.3 Å². The van der Waals surface area contributed by atoms with Gasteiger partial charge in [-0.2, -0.15) is 13.2 Å². The van der Waals surface area contributed by atoms with E-state index in [-0.39, 0.29) is 18.0 Å². The Balaban J connectivity index is 1.93. The molecule has 1 aliphatic rings. The third-order valence-corrected chi connectivity index (χ3v) is 3.81. The first kappa shape index (κ1) is 14.4. The molecule has 0 bridgehead atoms. The second kappa shape index (κ2) is 7.41. The van der Waals surface area contributed by atoms with Gasteiger partial charge in [-0.05, 0) is 18.0 Å². The third-order valence-electron chi connectivity index (χ3n) is 3.81. The van der Waals surface area contributed by atoms with Gasteiger partial charge in [0.1, 0.15) is 5.82 Å². The summed E-state index contributed by atoms with van der Waals surface area (Å²) in [5.74, 6) is -8.32. The summed E-state index contributed by atoms with van der Waals surface area (Å²) in [5.41, 5.74) is 4.23. The molecular weight excluding hydrogens is 392 g/mol. The van der Waals surface area contributed by atoms with Gasteiger partial charge >= 0.3 is 6.18 Å². The number of amides is 1. The normalized spacial score (nSPS) is 20.2. The Morgan fingerprint density at radius 2 is 1.89 bits per heavy atom. The van der Waals surface area contributed by atoms with E-state index >= 15 is 0 Å². The molecular formula is C16H15F6N5O. The fourth-order valence-electron chi connectivity index (χ4n) is 2.53. The molecule has 0 saturated heterocycles. The highest BCUT2D eigenvalue weighted by Crippen LogP contribution is 2.29. The maximum absolute atomic E-state index is 14.2. The number of hydrogen-bond acceptors (Lipinski definition) is 4. The average molecular weight is 412 g/mol. The van der Waals surface area contributed by atoms with Crippen LogP contribution in [0.5, 0.6) is 0 Å². The van der Waals surface area contributed by atoms with Crippen LogP contribution in [0.3, 0.4) is 0 Å². The topological polar surface area (TPSA) is 77.0 Å². The summed E-state index contributed by atoms with van der Waals surface area (Å²) in [5, 5.41) is 6.33. The van der Waals surface area contributed by atoms with E-state index in [1.54, 1.807) is 0 Å². The SMILES string of the molecule is [2H]C([2H])(C(=O)N1CCn2c(nnc2C(F)(F)F)C1)[C@]([2H])(N)C([2H])([2H])c1cc(F)c(F)cc1F. The van der Waals surface area contributed by atoms with Gasteiger partial charge in [0.15, 0.2) is 17.5 Å². The largest absolute Gasteiger partial charge is 0.451 e. The second-order valence-electron chi connectivity index (χ2n) is 5.73. The van der Waals surface area contributed by atoms with E-state index in [1.807, 2.05) is 0 Å². The van der Waals surface area contributed by atoms with Crippen LogP contribution < -0.4 is 5.73 Å². The van der Waals surface area contributed by atoms with Crippen molar-refractivity contribution < 1.29 is 38.0 Å². The number of fused-ring (bicyclic) bond motifs is 1. The molecule has 0 aliphatic carbocycles. The lowest BCUT2D eigenvalue weighted by Crippen LogP contribution is -2.42. The van der Waals surface area contributed by atoms with E-state index in [4.69, 9.17) is 12.6 Å². The molecule has 1 aromatic heterocycles.